The molecule has 2 aromatic rings. The van der Waals surface area contributed by atoms with Crippen LogP contribution in [0.15, 0.2) is 35.6 Å². The van der Waals surface area contributed by atoms with Gasteiger partial charge in [0.15, 0.2) is 0 Å². The van der Waals surface area contributed by atoms with Crippen molar-refractivity contribution in [2.45, 2.75) is 10.6 Å². The van der Waals surface area contributed by atoms with Crippen LogP contribution in [0.1, 0.15) is 16.1 Å². The van der Waals surface area contributed by atoms with E-state index in [-0.39, 0.29) is 5.56 Å². The molecule has 0 aliphatic heterocycles. The number of aromatic nitrogens is 2. The minimum atomic E-state index is -1.06. The summed E-state index contributed by atoms with van der Waals surface area (Å²) in [4.78, 5) is 15.1. The molecule has 0 bridgehead atoms. The van der Waals surface area contributed by atoms with Gasteiger partial charge in [-0.1, -0.05) is 0 Å². The number of nitrogens with zero attached hydrogens (tertiary/aromatic N) is 2. The van der Waals surface area contributed by atoms with E-state index < -0.39 is 11.8 Å². The van der Waals surface area contributed by atoms with Crippen LogP contribution in [-0.4, -0.2) is 20.6 Å². The first-order chi connectivity index (χ1) is 8.58. The Kier molecular flexibility index (Phi) is 3.66. The number of carboxylic acids is 1. The summed E-state index contributed by atoms with van der Waals surface area (Å²) >= 11 is 1.25. The molecule has 1 aromatic carbocycles. The van der Waals surface area contributed by atoms with Crippen molar-refractivity contribution >= 4 is 17.7 Å². The van der Waals surface area contributed by atoms with Gasteiger partial charge in [0.05, 0.1) is 11.9 Å². The highest BCUT2D eigenvalue weighted by molar-refractivity contribution is 7.98. The van der Waals surface area contributed by atoms with E-state index in [1.807, 2.05) is 11.6 Å². The van der Waals surface area contributed by atoms with Gasteiger partial charge in [0.25, 0.3) is 0 Å². The van der Waals surface area contributed by atoms with E-state index in [0.29, 0.717) is 10.6 Å². The first-order valence-electron chi connectivity index (χ1n) is 5.19. The van der Waals surface area contributed by atoms with E-state index in [1.54, 1.807) is 12.5 Å². The summed E-state index contributed by atoms with van der Waals surface area (Å²) in [5.41, 5.74) is 1.03. The van der Waals surface area contributed by atoms with Crippen LogP contribution in [0.4, 0.5) is 4.39 Å². The molecule has 0 aliphatic carbocycles. The molecule has 0 spiro atoms. The van der Waals surface area contributed by atoms with Gasteiger partial charge in [-0.2, -0.15) is 0 Å². The normalized spacial score (nSPS) is 10.6. The predicted octanol–water partition coefficient (Wildman–Crippen LogP) is 2.55. The van der Waals surface area contributed by atoms with Gasteiger partial charge in [0.1, 0.15) is 5.82 Å². The van der Waals surface area contributed by atoms with E-state index >= 15 is 0 Å². The molecule has 0 amide bonds. The second-order valence-corrected chi connectivity index (χ2v) is 4.75. The predicted molar refractivity (Wildman–Crippen MR) is 66.1 cm³/mol. The third-order valence-corrected chi connectivity index (χ3v) is 3.53. The van der Waals surface area contributed by atoms with E-state index in [1.165, 1.54) is 30.0 Å². The molecule has 0 radical (unpaired) electrons. The van der Waals surface area contributed by atoms with Gasteiger partial charge in [0.2, 0.25) is 0 Å². The summed E-state index contributed by atoms with van der Waals surface area (Å²) in [5, 5.41) is 8.85. The van der Waals surface area contributed by atoms with Crippen LogP contribution in [-0.2, 0) is 12.8 Å². The van der Waals surface area contributed by atoms with Gasteiger partial charge in [0, 0.05) is 29.6 Å². The number of carboxylic acid groups (broad SMARTS) is 1. The number of thioether (sulfide) groups is 1. The van der Waals surface area contributed by atoms with Crippen molar-refractivity contribution in [2.75, 3.05) is 0 Å². The Bertz CT molecular complexity index is 583. The zero-order chi connectivity index (χ0) is 13.1. The van der Waals surface area contributed by atoms with Gasteiger partial charge in [-0.15, -0.1) is 11.8 Å². The van der Waals surface area contributed by atoms with Gasteiger partial charge >= 0.3 is 5.97 Å². The maximum absolute atomic E-state index is 13.5. The molecule has 1 heterocycles. The lowest BCUT2D eigenvalue weighted by Crippen LogP contribution is -1.98. The average molecular weight is 266 g/mol. The molecule has 0 fully saturated rings. The zero-order valence-corrected chi connectivity index (χ0v) is 10.4. The summed E-state index contributed by atoms with van der Waals surface area (Å²) in [6.45, 7) is 0. The monoisotopic (exact) mass is 266 g/mol. The van der Waals surface area contributed by atoms with E-state index in [0.717, 1.165) is 5.69 Å². The molecule has 18 heavy (non-hydrogen) atoms. The van der Waals surface area contributed by atoms with Gasteiger partial charge in [-0.3, -0.25) is 0 Å². The van der Waals surface area contributed by atoms with Crippen molar-refractivity contribution in [3.8, 4) is 0 Å². The van der Waals surface area contributed by atoms with Gasteiger partial charge in [-0.25, -0.2) is 14.2 Å². The highest BCUT2D eigenvalue weighted by Crippen LogP contribution is 2.26. The molecule has 94 valence electrons. The van der Waals surface area contributed by atoms with Crippen LogP contribution in [0.3, 0.4) is 0 Å². The van der Waals surface area contributed by atoms with Crippen molar-refractivity contribution < 1.29 is 14.3 Å². The maximum atomic E-state index is 13.5. The Labute approximate surface area is 107 Å². The molecular weight excluding hydrogens is 255 g/mol. The molecule has 0 unspecified atom stereocenters. The van der Waals surface area contributed by atoms with E-state index in [2.05, 4.69) is 4.98 Å². The average Bonchev–Trinajstić information content (AvgIpc) is 2.73. The molecule has 4 nitrogen and oxygen atoms in total. The molecule has 0 aliphatic rings. The van der Waals surface area contributed by atoms with E-state index in [9.17, 15) is 9.18 Å². The van der Waals surface area contributed by atoms with Crippen molar-refractivity contribution in [3.63, 3.8) is 0 Å². The summed E-state index contributed by atoms with van der Waals surface area (Å²) in [5.74, 6) is -0.930. The molecule has 2 rings (SSSR count). The van der Waals surface area contributed by atoms with Crippen LogP contribution < -0.4 is 0 Å². The van der Waals surface area contributed by atoms with Crippen LogP contribution >= 0.6 is 11.8 Å². The third-order valence-electron chi connectivity index (χ3n) is 2.47. The lowest BCUT2D eigenvalue weighted by molar-refractivity contribution is 0.0696. The van der Waals surface area contributed by atoms with Gasteiger partial charge in [-0.05, 0) is 18.2 Å². The fourth-order valence-corrected chi connectivity index (χ4v) is 2.42. The molecule has 6 heteroatoms. The van der Waals surface area contributed by atoms with Gasteiger partial charge < -0.3 is 9.67 Å². The second-order valence-electron chi connectivity index (χ2n) is 3.73. The summed E-state index contributed by atoms with van der Waals surface area (Å²) in [6, 6.07) is 3.78. The molecular formula is C12H11FN2O2S. The molecule has 0 saturated heterocycles. The Morgan fingerprint density at radius 1 is 1.56 bits per heavy atom. The molecule has 1 N–H and O–H groups in total. The van der Waals surface area contributed by atoms with Crippen molar-refractivity contribution in [1.82, 2.24) is 9.55 Å². The van der Waals surface area contributed by atoms with Crippen LogP contribution in [0.25, 0.3) is 0 Å². The minimum Gasteiger partial charge on any atom is -0.478 e. The maximum Gasteiger partial charge on any atom is 0.335 e. The number of hydrogen-bond donors (Lipinski definition) is 1. The molecule has 0 saturated carbocycles. The van der Waals surface area contributed by atoms with Crippen LogP contribution in [0, 0.1) is 5.82 Å². The highest BCUT2D eigenvalue weighted by atomic mass is 32.2. The fourth-order valence-electron chi connectivity index (χ4n) is 1.42. The number of aryl methyl sites for hydroxylation is 1. The Balaban J connectivity index is 2.16. The number of rotatable bonds is 4. The zero-order valence-electron chi connectivity index (χ0n) is 9.63. The number of carbonyl (C=O) groups is 1. The standard InChI is InChI=1S/C12H11FN2O2S/c1-15-7-14-5-9(15)6-18-11-4-8(12(16)17)2-3-10(11)13/h2-5,7H,6H2,1H3,(H,16,17). The topological polar surface area (TPSA) is 55.1 Å². The number of benzene rings is 1. The number of imidazole rings is 1. The molecule has 0 atom stereocenters. The lowest BCUT2D eigenvalue weighted by Gasteiger charge is -2.05. The Hall–Kier alpha value is -1.82. The third kappa shape index (κ3) is 2.70. The van der Waals surface area contributed by atoms with E-state index in [4.69, 9.17) is 5.11 Å². The molecule has 1 aromatic heterocycles. The second kappa shape index (κ2) is 5.22. The van der Waals surface area contributed by atoms with Crippen molar-refractivity contribution in [2.24, 2.45) is 7.05 Å². The first-order valence-corrected chi connectivity index (χ1v) is 6.17. The first kappa shape index (κ1) is 12.6. The van der Waals surface area contributed by atoms with Crippen LogP contribution in [0.2, 0.25) is 0 Å². The van der Waals surface area contributed by atoms with Crippen molar-refractivity contribution in [3.05, 3.63) is 47.8 Å². The summed E-state index contributed by atoms with van der Waals surface area (Å²) in [6.07, 6.45) is 3.37. The SMILES string of the molecule is Cn1cncc1CSc1cc(C(=O)O)ccc1F. The fraction of sp³-hybridized carbons (Fsp3) is 0.167. The highest BCUT2D eigenvalue weighted by Gasteiger charge is 2.09. The number of halogens is 1. The minimum absolute atomic E-state index is 0.0870. The van der Waals surface area contributed by atoms with Crippen molar-refractivity contribution in [1.29, 1.82) is 0 Å². The number of hydrogen-bond acceptors (Lipinski definition) is 3. The summed E-state index contributed by atoms with van der Waals surface area (Å²) in [7, 11) is 1.85. The Morgan fingerprint density at radius 2 is 2.33 bits per heavy atom. The number of aromatic carboxylic acids is 1. The lowest BCUT2D eigenvalue weighted by atomic mass is 10.2. The largest absolute Gasteiger partial charge is 0.478 e. The Morgan fingerprint density at radius 3 is 2.94 bits per heavy atom. The summed E-state index contributed by atoms with van der Waals surface area (Å²) < 4.78 is 15.4. The smallest absolute Gasteiger partial charge is 0.335 e. The quantitative estimate of drug-likeness (QED) is 0.864. The van der Waals surface area contributed by atoms with Crippen LogP contribution in [0.5, 0.6) is 0 Å².